The second kappa shape index (κ2) is 9.96. The van der Waals surface area contributed by atoms with Crippen LogP contribution in [0.2, 0.25) is 0 Å². The first-order chi connectivity index (χ1) is 9.58. The molecule has 1 rings (SSSR count). The van der Waals surface area contributed by atoms with Crippen LogP contribution in [0.15, 0.2) is 24.3 Å². The summed E-state index contributed by atoms with van der Waals surface area (Å²) in [6.45, 7) is 1.49. The van der Waals surface area contributed by atoms with Gasteiger partial charge in [-0.15, -0.1) is 0 Å². The molecule has 0 aromatic heterocycles. The molecule has 0 fully saturated rings. The number of carbonyl (C=O) groups is 1. The summed E-state index contributed by atoms with van der Waals surface area (Å²) >= 11 is 0. The molecule has 0 radical (unpaired) electrons. The zero-order chi connectivity index (χ0) is 14.8. The first kappa shape index (κ1) is 17.2. The van der Waals surface area contributed by atoms with Gasteiger partial charge in [-0.2, -0.15) is 0 Å². The Kier molecular flexibility index (Phi) is 8.57. The van der Waals surface area contributed by atoms with Gasteiger partial charge in [-0.1, -0.05) is 33.7 Å². The highest BCUT2D eigenvalue weighted by atomic mass is 33.1. The third-order valence-corrected chi connectivity index (χ3v) is 4.77. The van der Waals surface area contributed by atoms with E-state index < -0.39 is 0 Å². The maximum Gasteiger partial charge on any atom is 0.310 e. The highest BCUT2D eigenvalue weighted by Crippen LogP contribution is 2.20. The number of ether oxygens (including phenoxy) is 1. The van der Waals surface area contributed by atoms with Crippen LogP contribution in [0.25, 0.3) is 0 Å². The molecule has 6 heteroatoms. The van der Waals surface area contributed by atoms with Crippen molar-refractivity contribution in [2.24, 2.45) is 0 Å². The molecule has 0 atom stereocenters. The molecular formula is C14H21NO3S2. The van der Waals surface area contributed by atoms with E-state index in [0.717, 1.165) is 23.6 Å². The van der Waals surface area contributed by atoms with Crippen molar-refractivity contribution in [2.75, 3.05) is 38.8 Å². The Bertz CT molecular complexity index is 396. The van der Waals surface area contributed by atoms with Crippen LogP contribution in [0.4, 0.5) is 0 Å². The zero-order valence-electron chi connectivity index (χ0n) is 11.9. The monoisotopic (exact) mass is 315 g/mol. The molecular weight excluding hydrogens is 294 g/mol. The van der Waals surface area contributed by atoms with Crippen molar-refractivity contribution >= 4 is 27.6 Å². The SMILES string of the molecule is CN(C)CCSSCCOC(=O)Cc1ccc(O)cc1. The minimum atomic E-state index is -0.227. The smallest absolute Gasteiger partial charge is 0.310 e. The van der Waals surface area contributed by atoms with E-state index in [2.05, 4.69) is 19.0 Å². The lowest BCUT2D eigenvalue weighted by Gasteiger charge is -2.08. The average molecular weight is 315 g/mol. The third-order valence-electron chi connectivity index (χ3n) is 2.42. The van der Waals surface area contributed by atoms with E-state index in [-0.39, 0.29) is 18.1 Å². The molecule has 1 N–H and O–H groups in total. The van der Waals surface area contributed by atoms with Gasteiger partial charge < -0.3 is 14.7 Å². The Morgan fingerprint density at radius 1 is 1.20 bits per heavy atom. The predicted molar refractivity (Wildman–Crippen MR) is 86.2 cm³/mol. The third kappa shape index (κ3) is 8.35. The minimum Gasteiger partial charge on any atom is -0.508 e. The van der Waals surface area contributed by atoms with Gasteiger partial charge in [-0.3, -0.25) is 4.79 Å². The lowest BCUT2D eigenvalue weighted by atomic mass is 10.1. The number of hydrogen-bond acceptors (Lipinski definition) is 6. The van der Waals surface area contributed by atoms with Crippen molar-refractivity contribution in [1.82, 2.24) is 4.90 Å². The van der Waals surface area contributed by atoms with Gasteiger partial charge in [0, 0.05) is 18.1 Å². The Morgan fingerprint density at radius 3 is 2.50 bits per heavy atom. The van der Waals surface area contributed by atoms with Gasteiger partial charge in [0.05, 0.1) is 6.42 Å². The molecule has 0 aliphatic heterocycles. The number of aromatic hydroxyl groups is 1. The number of phenols is 1. The van der Waals surface area contributed by atoms with Gasteiger partial charge in [-0.05, 0) is 31.8 Å². The van der Waals surface area contributed by atoms with E-state index in [1.807, 2.05) is 0 Å². The summed E-state index contributed by atoms with van der Waals surface area (Å²) < 4.78 is 5.16. The van der Waals surface area contributed by atoms with Crippen molar-refractivity contribution in [3.63, 3.8) is 0 Å². The Hall–Kier alpha value is -0.850. The first-order valence-electron chi connectivity index (χ1n) is 6.40. The number of nitrogens with zero attached hydrogens (tertiary/aromatic N) is 1. The number of rotatable bonds is 9. The van der Waals surface area contributed by atoms with E-state index in [0.29, 0.717) is 6.61 Å². The van der Waals surface area contributed by atoms with Gasteiger partial charge in [0.1, 0.15) is 12.4 Å². The Labute approximate surface area is 128 Å². The van der Waals surface area contributed by atoms with Crippen LogP contribution in [0.5, 0.6) is 5.75 Å². The fourth-order valence-corrected chi connectivity index (χ4v) is 3.32. The summed E-state index contributed by atoms with van der Waals surface area (Å²) in [7, 11) is 7.62. The molecule has 0 unspecified atom stereocenters. The molecule has 112 valence electrons. The van der Waals surface area contributed by atoms with Crippen molar-refractivity contribution in [3.8, 4) is 5.75 Å². The highest BCUT2D eigenvalue weighted by molar-refractivity contribution is 8.76. The van der Waals surface area contributed by atoms with Crippen LogP contribution in [-0.4, -0.2) is 54.7 Å². The maximum absolute atomic E-state index is 11.6. The van der Waals surface area contributed by atoms with E-state index >= 15 is 0 Å². The van der Waals surface area contributed by atoms with E-state index in [1.165, 1.54) is 0 Å². The standard InChI is InChI=1S/C14H21NO3S2/c1-15(2)7-9-19-20-10-8-18-14(17)11-12-3-5-13(16)6-4-12/h3-6,16H,7-11H2,1-2H3. The maximum atomic E-state index is 11.6. The summed E-state index contributed by atoms with van der Waals surface area (Å²) in [6.07, 6.45) is 0.249. The molecule has 1 aromatic rings. The molecule has 4 nitrogen and oxygen atoms in total. The van der Waals surface area contributed by atoms with E-state index in [4.69, 9.17) is 9.84 Å². The van der Waals surface area contributed by atoms with E-state index in [9.17, 15) is 4.79 Å². The van der Waals surface area contributed by atoms with Crippen LogP contribution in [0, 0.1) is 0 Å². The van der Waals surface area contributed by atoms with Crippen molar-refractivity contribution in [2.45, 2.75) is 6.42 Å². The molecule has 0 spiro atoms. The molecule has 0 saturated carbocycles. The summed E-state index contributed by atoms with van der Waals surface area (Å²) in [6, 6.07) is 6.59. The van der Waals surface area contributed by atoms with Crippen LogP contribution >= 0.6 is 21.6 Å². The lowest BCUT2D eigenvalue weighted by molar-refractivity contribution is -0.142. The number of carbonyl (C=O) groups excluding carboxylic acids is 1. The van der Waals surface area contributed by atoms with Gasteiger partial charge in [0.15, 0.2) is 0 Å². The van der Waals surface area contributed by atoms with Gasteiger partial charge in [0.2, 0.25) is 0 Å². The Morgan fingerprint density at radius 2 is 1.85 bits per heavy atom. The van der Waals surface area contributed by atoms with Crippen LogP contribution in [0.3, 0.4) is 0 Å². The lowest BCUT2D eigenvalue weighted by Crippen LogP contribution is -2.14. The zero-order valence-corrected chi connectivity index (χ0v) is 13.5. The summed E-state index contributed by atoms with van der Waals surface area (Å²) in [5.74, 6) is 1.85. The van der Waals surface area contributed by atoms with E-state index in [1.54, 1.807) is 45.9 Å². The van der Waals surface area contributed by atoms with Gasteiger partial charge in [0.25, 0.3) is 0 Å². The minimum absolute atomic E-state index is 0.202. The number of hydrogen-bond donors (Lipinski definition) is 1. The number of benzene rings is 1. The molecule has 0 aliphatic rings. The van der Waals surface area contributed by atoms with Crippen molar-refractivity contribution in [3.05, 3.63) is 29.8 Å². The van der Waals surface area contributed by atoms with Crippen molar-refractivity contribution < 1.29 is 14.6 Å². The van der Waals surface area contributed by atoms with Gasteiger partial charge >= 0.3 is 5.97 Å². The summed E-state index contributed by atoms with van der Waals surface area (Å²) in [5, 5.41) is 9.14. The molecule has 0 heterocycles. The van der Waals surface area contributed by atoms with Crippen LogP contribution < -0.4 is 0 Å². The molecule has 0 saturated heterocycles. The molecule has 0 amide bonds. The second-order valence-electron chi connectivity index (χ2n) is 4.51. The molecule has 20 heavy (non-hydrogen) atoms. The highest BCUT2D eigenvalue weighted by Gasteiger charge is 2.04. The fraction of sp³-hybridized carbons (Fsp3) is 0.500. The van der Waals surface area contributed by atoms with Gasteiger partial charge in [-0.25, -0.2) is 0 Å². The molecule has 0 aliphatic carbocycles. The summed E-state index contributed by atoms with van der Waals surface area (Å²) in [4.78, 5) is 13.7. The quantitative estimate of drug-likeness (QED) is 0.429. The molecule has 1 aromatic carbocycles. The largest absolute Gasteiger partial charge is 0.508 e. The first-order valence-corrected chi connectivity index (χ1v) is 8.89. The Balaban J connectivity index is 2.04. The van der Waals surface area contributed by atoms with Crippen LogP contribution in [0.1, 0.15) is 5.56 Å². The normalized spacial score (nSPS) is 10.8. The fourth-order valence-electron chi connectivity index (χ4n) is 1.36. The molecule has 0 bridgehead atoms. The summed E-state index contributed by atoms with van der Waals surface area (Å²) in [5.41, 5.74) is 0.848. The topological polar surface area (TPSA) is 49.8 Å². The second-order valence-corrected chi connectivity index (χ2v) is 7.21. The number of phenolic OH excluding ortho intramolecular Hbond substituents is 1. The number of esters is 1. The predicted octanol–water partition coefficient (Wildman–Crippen LogP) is 2.42. The van der Waals surface area contributed by atoms with Crippen molar-refractivity contribution in [1.29, 1.82) is 0 Å². The average Bonchev–Trinajstić information content (AvgIpc) is 2.40. The van der Waals surface area contributed by atoms with Crippen LogP contribution in [-0.2, 0) is 16.0 Å².